The van der Waals surface area contributed by atoms with Crippen LogP contribution in [-0.4, -0.2) is 38.5 Å². The monoisotopic (exact) mass is 157 g/mol. The molecule has 0 aromatic carbocycles. The first-order valence-electron chi connectivity index (χ1n) is 4.38. The fraction of sp³-hybridized carbons (Fsp3) is 1.00. The third kappa shape index (κ3) is 1.92. The molecule has 0 aliphatic carbocycles. The molecular weight excluding hydrogens is 142 g/mol. The van der Waals surface area contributed by atoms with Gasteiger partial charge in [0.05, 0.1) is 19.8 Å². The van der Waals surface area contributed by atoms with Crippen LogP contribution in [0.15, 0.2) is 0 Å². The van der Waals surface area contributed by atoms with E-state index < -0.39 is 0 Å². The van der Waals surface area contributed by atoms with Gasteiger partial charge in [0.15, 0.2) is 0 Å². The molecule has 2 fully saturated rings. The lowest BCUT2D eigenvalue weighted by Crippen LogP contribution is -2.39. The second-order valence-corrected chi connectivity index (χ2v) is 3.29. The van der Waals surface area contributed by atoms with Gasteiger partial charge in [0.2, 0.25) is 0 Å². The number of hydrogen-bond acceptors (Lipinski definition) is 3. The first-order chi connectivity index (χ1) is 5.45. The highest BCUT2D eigenvalue weighted by Crippen LogP contribution is 2.09. The molecule has 3 nitrogen and oxygen atoms in total. The first kappa shape index (κ1) is 7.53. The van der Waals surface area contributed by atoms with E-state index in [9.17, 15) is 0 Å². The number of ether oxygens (including phenoxy) is 2. The highest BCUT2D eigenvalue weighted by atomic mass is 16.6. The van der Waals surface area contributed by atoms with Crippen LogP contribution in [0.2, 0.25) is 0 Å². The minimum Gasteiger partial charge on any atom is -0.376 e. The Balaban J connectivity index is 1.57. The maximum absolute atomic E-state index is 5.57. The SMILES string of the molecule is C1CN[C@@H](COC2COC2)C1. The van der Waals surface area contributed by atoms with Gasteiger partial charge in [-0.25, -0.2) is 0 Å². The van der Waals surface area contributed by atoms with Gasteiger partial charge in [-0.2, -0.15) is 0 Å². The van der Waals surface area contributed by atoms with E-state index in [0.29, 0.717) is 12.1 Å². The van der Waals surface area contributed by atoms with E-state index in [-0.39, 0.29) is 0 Å². The lowest BCUT2D eigenvalue weighted by molar-refractivity contribution is -0.132. The van der Waals surface area contributed by atoms with Crippen molar-refractivity contribution in [1.29, 1.82) is 0 Å². The summed E-state index contributed by atoms with van der Waals surface area (Å²) in [4.78, 5) is 0. The van der Waals surface area contributed by atoms with Gasteiger partial charge in [-0.3, -0.25) is 0 Å². The molecule has 2 aliphatic rings. The van der Waals surface area contributed by atoms with E-state index in [1.54, 1.807) is 0 Å². The summed E-state index contributed by atoms with van der Waals surface area (Å²) in [6, 6.07) is 0.607. The van der Waals surface area contributed by atoms with Crippen LogP contribution < -0.4 is 5.32 Å². The molecule has 2 aliphatic heterocycles. The van der Waals surface area contributed by atoms with Crippen molar-refractivity contribution in [2.45, 2.75) is 25.0 Å². The van der Waals surface area contributed by atoms with E-state index in [2.05, 4.69) is 5.32 Å². The van der Waals surface area contributed by atoms with Gasteiger partial charge < -0.3 is 14.8 Å². The third-order valence-corrected chi connectivity index (χ3v) is 2.30. The Hall–Kier alpha value is -0.120. The van der Waals surface area contributed by atoms with E-state index in [4.69, 9.17) is 9.47 Å². The maximum Gasteiger partial charge on any atom is 0.104 e. The van der Waals surface area contributed by atoms with Crippen LogP contribution in [0.3, 0.4) is 0 Å². The van der Waals surface area contributed by atoms with Gasteiger partial charge in [-0.15, -0.1) is 0 Å². The lowest BCUT2D eigenvalue weighted by atomic mass is 10.2. The average molecular weight is 157 g/mol. The first-order valence-corrected chi connectivity index (χ1v) is 4.38. The van der Waals surface area contributed by atoms with Gasteiger partial charge in [-0.1, -0.05) is 0 Å². The topological polar surface area (TPSA) is 30.5 Å². The largest absolute Gasteiger partial charge is 0.376 e. The summed E-state index contributed by atoms with van der Waals surface area (Å²) in [6.45, 7) is 3.63. The highest BCUT2D eigenvalue weighted by molar-refractivity contribution is 4.75. The Labute approximate surface area is 67.1 Å². The minimum absolute atomic E-state index is 0.386. The Morgan fingerprint density at radius 1 is 1.45 bits per heavy atom. The molecule has 1 N–H and O–H groups in total. The Kier molecular flexibility index (Phi) is 2.41. The van der Waals surface area contributed by atoms with E-state index in [0.717, 1.165) is 26.4 Å². The molecule has 0 unspecified atom stereocenters. The molecule has 0 aromatic rings. The van der Waals surface area contributed by atoms with Gasteiger partial charge >= 0.3 is 0 Å². The van der Waals surface area contributed by atoms with Crippen LogP contribution in [0.4, 0.5) is 0 Å². The molecule has 0 spiro atoms. The molecule has 2 rings (SSSR count). The number of rotatable bonds is 3. The molecule has 0 amide bonds. The summed E-state index contributed by atoms with van der Waals surface area (Å²) in [6.07, 6.45) is 2.96. The second-order valence-electron chi connectivity index (χ2n) is 3.29. The molecule has 0 radical (unpaired) electrons. The molecule has 2 saturated heterocycles. The third-order valence-electron chi connectivity index (χ3n) is 2.30. The summed E-state index contributed by atoms with van der Waals surface area (Å²) in [7, 11) is 0. The lowest BCUT2D eigenvalue weighted by Gasteiger charge is -2.27. The Morgan fingerprint density at radius 2 is 2.36 bits per heavy atom. The predicted octanol–water partition coefficient (Wildman–Crippen LogP) is 0.154. The summed E-state index contributed by atoms with van der Waals surface area (Å²) in [5, 5.41) is 3.39. The van der Waals surface area contributed by atoms with Crippen LogP contribution in [0.5, 0.6) is 0 Å². The molecule has 3 heteroatoms. The van der Waals surface area contributed by atoms with Crippen molar-refractivity contribution in [2.24, 2.45) is 0 Å². The van der Waals surface area contributed by atoms with Crippen molar-refractivity contribution >= 4 is 0 Å². The van der Waals surface area contributed by atoms with Crippen LogP contribution in [0.1, 0.15) is 12.8 Å². The molecule has 0 saturated carbocycles. The smallest absolute Gasteiger partial charge is 0.104 e. The number of hydrogen-bond donors (Lipinski definition) is 1. The normalized spacial score (nSPS) is 32.2. The molecule has 64 valence electrons. The van der Waals surface area contributed by atoms with Crippen molar-refractivity contribution in [2.75, 3.05) is 26.4 Å². The van der Waals surface area contributed by atoms with Crippen LogP contribution in [0, 0.1) is 0 Å². The van der Waals surface area contributed by atoms with Gasteiger partial charge in [0, 0.05) is 6.04 Å². The zero-order valence-corrected chi connectivity index (χ0v) is 6.71. The van der Waals surface area contributed by atoms with E-state index in [1.807, 2.05) is 0 Å². The van der Waals surface area contributed by atoms with E-state index >= 15 is 0 Å². The average Bonchev–Trinajstić information content (AvgIpc) is 2.36. The van der Waals surface area contributed by atoms with Gasteiger partial charge in [0.25, 0.3) is 0 Å². The Bertz CT molecular complexity index is 119. The number of nitrogens with one attached hydrogen (secondary N) is 1. The van der Waals surface area contributed by atoms with Crippen LogP contribution >= 0.6 is 0 Å². The zero-order valence-electron chi connectivity index (χ0n) is 6.71. The molecule has 1 atom stereocenters. The molecule has 0 aromatic heterocycles. The molecule has 2 heterocycles. The van der Waals surface area contributed by atoms with Gasteiger partial charge in [0.1, 0.15) is 6.10 Å². The van der Waals surface area contributed by atoms with Crippen molar-refractivity contribution < 1.29 is 9.47 Å². The Morgan fingerprint density at radius 3 is 2.91 bits per heavy atom. The highest BCUT2D eigenvalue weighted by Gasteiger charge is 2.21. The molecular formula is C8H15NO2. The maximum atomic E-state index is 5.57. The zero-order chi connectivity index (χ0) is 7.52. The van der Waals surface area contributed by atoms with Crippen molar-refractivity contribution in [3.05, 3.63) is 0 Å². The van der Waals surface area contributed by atoms with Crippen LogP contribution in [-0.2, 0) is 9.47 Å². The van der Waals surface area contributed by atoms with Crippen molar-refractivity contribution in [1.82, 2.24) is 5.32 Å². The standard InChI is InChI=1S/C8H15NO2/c1-2-7(9-3-1)4-11-8-5-10-6-8/h7-9H,1-6H2/t7-/m1/s1. The fourth-order valence-electron chi connectivity index (χ4n) is 1.46. The van der Waals surface area contributed by atoms with Crippen LogP contribution in [0.25, 0.3) is 0 Å². The fourth-order valence-corrected chi connectivity index (χ4v) is 1.46. The van der Waals surface area contributed by atoms with Crippen molar-refractivity contribution in [3.63, 3.8) is 0 Å². The summed E-state index contributed by atoms with van der Waals surface area (Å²) in [5.74, 6) is 0. The van der Waals surface area contributed by atoms with Gasteiger partial charge in [-0.05, 0) is 19.4 Å². The van der Waals surface area contributed by atoms with E-state index in [1.165, 1.54) is 12.8 Å². The summed E-state index contributed by atoms with van der Waals surface area (Å²) in [5.41, 5.74) is 0. The van der Waals surface area contributed by atoms with Crippen molar-refractivity contribution in [3.8, 4) is 0 Å². The quantitative estimate of drug-likeness (QED) is 0.632. The molecule has 0 bridgehead atoms. The summed E-state index contributed by atoms with van der Waals surface area (Å²) >= 11 is 0. The second kappa shape index (κ2) is 3.52. The predicted molar refractivity (Wildman–Crippen MR) is 41.6 cm³/mol. The molecule has 11 heavy (non-hydrogen) atoms. The summed E-state index contributed by atoms with van der Waals surface area (Å²) < 4.78 is 10.6. The minimum atomic E-state index is 0.386.